The summed E-state index contributed by atoms with van der Waals surface area (Å²) in [5.74, 6) is 0.944. The molecular formula is C16H23N3O2. The summed E-state index contributed by atoms with van der Waals surface area (Å²) >= 11 is 0. The molecule has 0 spiro atoms. The van der Waals surface area contributed by atoms with Gasteiger partial charge < -0.3 is 15.4 Å². The van der Waals surface area contributed by atoms with Gasteiger partial charge in [0.15, 0.2) is 0 Å². The normalized spacial score (nSPS) is 12.8. The van der Waals surface area contributed by atoms with E-state index in [-0.39, 0.29) is 18.2 Å². The van der Waals surface area contributed by atoms with Gasteiger partial charge in [-0.3, -0.25) is 4.79 Å². The van der Waals surface area contributed by atoms with Gasteiger partial charge in [0, 0.05) is 13.0 Å². The maximum absolute atomic E-state index is 11.6. The van der Waals surface area contributed by atoms with Gasteiger partial charge in [0.25, 0.3) is 0 Å². The minimum absolute atomic E-state index is 0.0965. The van der Waals surface area contributed by atoms with E-state index >= 15 is 0 Å². The highest BCUT2D eigenvalue weighted by Crippen LogP contribution is 2.11. The number of para-hydroxylation sites is 2. The Labute approximate surface area is 124 Å². The molecule has 1 atom stereocenters. The number of aromatic nitrogens is 2. The lowest BCUT2D eigenvalue weighted by Crippen LogP contribution is -2.30. The third-order valence-electron chi connectivity index (χ3n) is 3.52. The number of rotatable bonds is 7. The lowest BCUT2D eigenvalue weighted by Gasteiger charge is -2.13. The van der Waals surface area contributed by atoms with Crippen molar-refractivity contribution in [2.45, 2.75) is 39.2 Å². The molecule has 5 nitrogen and oxygen atoms in total. The number of hydrogen-bond acceptors (Lipinski definition) is 3. The van der Waals surface area contributed by atoms with Crippen LogP contribution in [0.3, 0.4) is 0 Å². The largest absolute Gasteiger partial charge is 0.392 e. The molecule has 2 rings (SSSR count). The highest BCUT2D eigenvalue weighted by Gasteiger charge is 2.13. The lowest BCUT2D eigenvalue weighted by molar-refractivity contribution is -0.123. The first-order valence-corrected chi connectivity index (χ1v) is 7.44. The zero-order valence-electron chi connectivity index (χ0n) is 12.6. The van der Waals surface area contributed by atoms with Crippen LogP contribution < -0.4 is 5.32 Å². The second-order valence-electron chi connectivity index (χ2n) is 5.67. The predicted octanol–water partition coefficient (Wildman–Crippen LogP) is 2.02. The van der Waals surface area contributed by atoms with Gasteiger partial charge in [0.05, 0.1) is 23.6 Å². The van der Waals surface area contributed by atoms with Crippen LogP contribution in [0.4, 0.5) is 0 Å². The Balaban J connectivity index is 1.71. The van der Waals surface area contributed by atoms with Gasteiger partial charge >= 0.3 is 0 Å². The van der Waals surface area contributed by atoms with E-state index in [0.29, 0.717) is 6.54 Å². The van der Waals surface area contributed by atoms with E-state index in [0.717, 1.165) is 29.7 Å². The monoisotopic (exact) mass is 289 g/mol. The third-order valence-corrected chi connectivity index (χ3v) is 3.52. The molecule has 5 heteroatoms. The van der Waals surface area contributed by atoms with Gasteiger partial charge in [-0.1, -0.05) is 26.0 Å². The van der Waals surface area contributed by atoms with Crippen molar-refractivity contribution in [2.75, 3.05) is 6.54 Å². The number of aromatic amines is 1. The summed E-state index contributed by atoms with van der Waals surface area (Å²) in [6, 6.07) is 7.92. The molecule has 0 aliphatic carbocycles. The Bertz CT molecular complexity index is 559. The Morgan fingerprint density at radius 1 is 1.38 bits per heavy atom. The van der Waals surface area contributed by atoms with Crippen LogP contribution in [-0.4, -0.2) is 33.6 Å². The standard InChI is InChI=1S/C16H23N3O2/c1-11(2)14(20)10-16(21)17-9-5-8-15-18-12-6-3-4-7-13(12)19-15/h3-4,6-7,11,14,20H,5,8-10H2,1-2H3,(H,17,21)(H,18,19). The second kappa shape index (κ2) is 7.22. The van der Waals surface area contributed by atoms with Crippen molar-refractivity contribution >= 4 is 16.9 Å². The van der Waals surface area contributed by atoms with E-state index in [4.69, 9.17) is 0 Å². The van der Waals surface area contributed by atoms with Gasteiger partial charge in [-0.25, -0.2) is 4.98 Å². The molecule has 0 aliphatic rings. The van der Waals surface area contributed by atoms with Crippen molar-refractivity contribution in [3.05, 3.63) is 30.1 Å². The molecule has 0 saturated heterocycles. The Hall–Kier alpha value is -1.88. The van der Waals surface area contributed by atoms with E-state index in [1.54, 1.807) is 0 Å². The maximum Gasteiger partial charge on any atom is 0.222 e. The molecule has 1 aromatic heterocycles. The second-order valence-corrected chi connectivity index (χ2v) is 5.67. The molecule has 3 N–H and O–H groups in total. The van der Waals surface area contributed by atoms with Crippen LogP contribution in [0.25, 0.3) is 11.0 Å². The van der Waals surface area contributed by atoms with Crippen LogP contribution in [0, 0.1) is 5.92 Å². The molecule has 1 amide bonds. The van der Waals surface area contributed by atoms with Gasteiger partial charge in [0.1, 0.15) is 5.82 Å². The number of aliphatic hydroxyl groups is 1. The fraction of sp³-hybridized carbons (Fsp3) is 0.500. The summed E-state index contributed by atoms with van der Waals surface area (Å²) in [6.07, 6.45) is 1.22. The van der Waals surface area contributed by atoms with Crippen molar-refractivity contribution in [1.29, 1.82) is 0 Å². The summed E-state index contributed by atoms with van der Waals surface area (Å²) in [7, 11) is 0. The number of imidazole rings is 1. The van der Waals surface area contributed by atoms with Crippen molar-refractivity contribution in [2.24, 2.45) is 5.92 Å². The first-order valence-electron chi connectivity index (χ1n) is 7.44. The summed E-state index contributed by atoms with van der Waals surface area (Å²) in [5.41, 5.74) is 2.01. The minimum atomic E-state index is -0.569. The Kier molecular flexibility index (Phi) is 5.33. The first kappa shape index (κ1) is 15.5. The maximum atomic E-state index is 11.6. The number of H-pyrrole nitrogens is 1. The van der Waals surface area contributed by atoms with Crippen LogP contribution >= 0.6 is 0 Å². The van der Waals surface area contributed by atoms with Crippen LogP contribution in [0.1, 0.15) is 32.5 Å². The predicted molar refractivity (Wildman–Crippen MR) is 82.9 cm³/mol. The number of carbonyl (C=O) groups is 1. The first-order chi connectivity index (χ1) is 10.1. The SMILES string of the molecule is CC(C)C(O)CC(=O)NCCCc1nc2ccccc2[nH]1. The molecule has 0 saturated carbocycles. The fourth-order valence-electron chi connectivity index (χ4n) is 2.11. The number of benzene rings is 1. The number of fused-ring (bicyclic) bond motifs is 1. The number of carbonyl (C=O) groups excluding carboxylic acids is 1. The van der Waals surface area contributed by atoms with Crippen molar-refractivity contribution in [3.8, 4) is 0 Å². The summed E-state index contributed by atoms with van der Waals surface area (Å²) in [5, 5.41) is 12.5. The van der Waals surface area contributed by atoms with E-state index in [1.807, 2.05) is 38.1 Å². The van der Waals surface area contributed by atoms with Gasteiger partial charge in [-0.05, 0) is 24.5 Å². The number of nitrogens with one attached hydrogen (secondary N) is 2. The quantitative estimate of drug-likeness (QED) is 0.682. The molecule has 114 valence electrons. The van der Waals surface area contributed by atoms with Crippen LogP contribution in [0.15, 0.2) is 24.3 Å². The minimum Gasteiger partial charge on any atom is -0.392 e. The van der Waals surface area contributed by atoms with E-state index < -0.39 is 6.10 Å². The van der Waals surface area contributed by atoms with Crippen LogP contribution in [0.5, 0.6) is 0 Å². The summed E-state index contributed by atoms with van der Waals surface area (Å²) in [4.78, 5) is 19.4. The van der Waals surface area contributed by atoms with Crippen molar-refractivity contribution in [1.82, 2.24) is 15.3 Å². The number of aliphatic hydroxyl groups excluding tert-OH is 1. The van der Waals surface area contributed by atoms with E-state index in [2.05, 4.69) is 15.3 Å². The highest BCUT2D eigenvalue weighted by molar-refractivity contribution is 5.76. The topological polar surface area (TPSA) is 78.0 Å². The van der Waals surface area contributed by atoms with Crippen LogP contribution in [0.2, 0.25) is 0 Å². The zero-order valence-corrected chi connectivity index (χ0v) is 12.6. The molecule has 2 aromatic rings. The third kappa shape index (κ3) is 4.56. The van der Waals surface area contributed by atoms with Crippen molar-refractivity contribution < 1.29 is 9.90 Å². The Morgan fingerprint density at radius 2 is 2.14 bits per heavy atom. The zero-order chi connectivity index (χ0) is 15.2. The Morgan fingerprint density at radius 3 is 2.86 bits per heavy atom. The molecule has 0 bridgehead atoms. The van der Waals surface area contributed by atoms with Crippen LogP contribution in [-0.2, 0) is 11.2 Å². The lowest BCUT2D eigenvalue weighted by atomic mass is 10.0. The number of hydrogen-bond donors (Lipinski definition) is 3. The van der Waals surface area contributed by atoms with E-state index in [1.165, 1.54) is 0 Å². The molecule has 0 fully saturated rings. The summed E-state index contributed by atoms with van der Waals surface area (Å²) in [6.45, 7) is 4.40. The number of aryl methyl sites for hydroxylation is 1. The van der Waals surface area contributed by atoms with Gasteiger partial charge in [0.2, 0.25) is 5.91 Å². The highest BCUT2D eigenvalue weighted by atomic mass is 16.3. The molecule has 1 unspecified atom stereocenters. The fourth-order valence-corrected chi connectivity index (χ4v) is 2.11. The molecular weight excluding hydrogens is 266 g/mol. The molecule has 0 radical (unpaired) electrons. The molecule has 1 heterocycles. The molecule has 1 aromatic carbocycles. The number of nitrogens with zero attached hydrogens (tertiary/aromatic N) is 1. The average Bonchev–Trinajstić information content (AvgIpc) is 2.86. The average molecular weight is 289 g/mol. The molecule has 0 aliphatic heterocycles. The summed E-state index contributed by atoms with van der Waals surface area (Å²) < 4.78 is 0. The molecule has 21 heavy (non-hydrogen) atoms. The smallest absolute Gasteiger partial charge is 0.222 e. The van der Waals surface area contributed by atoms with Gasteiger partial charge in [-0.15, -0.1) is 0 Å². The number of amides is 1. The van der Waals surface area contributed by atoms with Crippen molar-refractivity contribution in [3.63, 3.8) is 0 Å². The van der Waals surface area contributed by atoms with E-state index in [9.17, 15) is 9.90 Å². The van der Waals surface area contributed by atoms with Gasteiger partial charge in [-0.2, -0.15) is 0 Å².